The third kappa shape index (κ3) is 2.62. The first-order valence-electron chi connectivity index (χ1n) is 4.88. The van der Waals surface area contributed by atoms with Crippen molar-refractivity contribution >= 4 is 27.3 Å². The second kappa shape index (κ2) is 4.58. The maximum absolute atomic E-state index is 11.4. The molecular formula is C9H11N5O2S2. The van der Waals surface area contributed by atoms with Crippen molar-refractivity contribution < 1.29 is 8.42 Å². The maximum atomic E-state index is 11.4. The molecule has 2 aromatic rings. The van der Waals surface area contributed by atoms with Crippen LogP contribution >= 0.6 is 11.8 Å². The van der Waals surface area contributed by atoms with Crippen molar-refractivity contribution in [1.29, 1.82) is 0 Å². The topological polar surface area (TPSA) is 104 Å². The number of benzene rings is 1. The number of tetrazole rings is 1. The molecule has 0 radical (unpaired) electrons. The second-order valence-electron chi connectivity index (χ2n) is 3.66. The highest BCUT2D eigenvalue weighted by molar-refractivity contribution is 7.99. The van der Waals surface area contributed by atoms with Crippen LogP contribution in [0.5, 0.6) is 0 Å². The predicted molar refractivity (Wildman–Crippen MR) is 66.9 cm³/mol. The van der Waals surface area contributed by atoms with Crippen LogP contribution < -0.4 is 5.73 Å². The van der Waals surface area contributed by atoms with E-state index in [4.69, 9.17) is 5.73 Å². The van der Waals surface area contributed by atoms with Crippen LogP contribution in [0.2, 0.25) is 0 Å². The summed E-state index contributed by atoms with van der Waals surface area (Å²) in [5.74, 6) is 0. The number of nitrogens with two attached hydrogens (primary N) is 1. The highest BCUT2D eigenvalue weighted by Gasteiger charge is 2.12. The van der Waals surface area contributed by atoms with Crippen molar-refractivity contribution in [3.05, 3.63) is 18.2 Å². The van der Waals surface area contributed by atoms with Crippen molar-refractivity contribution in [3.8, 4) is 0 Å². The molecule has 0 atom stereocenters. The predicted octanol–water partition coefficient (Wildman–Crippen LogP) is 0.347. The van der Waals surface area contributed by atoms with Gasteiger partial charge in [-0.1, -0.05) is 0 Å². The van der Waals surface area contributed by atoms with E-state index in [0.29, 0.717) is 15.7 Å². The number of rotatable bonds is 3. The molecule has 7 nitrogen and oxygen atoms in total. The SMILES string of the molecule is Cn1nnnc1Sc1ccc(S(C)(=O)=O)cc1N. The zero-order valence-corrected chi connectivity index (χ0v) is 11.4. The minimum absolute atomic E-state index is 0.195. The molecule has 0 bridgehead atoms. The van der Waals surface area contributed by atoms with Gasteiger partial charge in [-0.25, -0.2) is 13.1 Å². The monoisotopic (exact) mass is 285 g/mol. The van der Waals surface area contributed by atoms with E-state index in [2.05, 4.69) is 15.5 Å². The number of sulfone groups is 1. The van der Waals surface area contributed by atoms with Crippen LogP contribution in [0, 0.1) is 0 Å². The van der Waals surface area contributed by atoms with Gasteiger partial charge in [0.15, 0.2) is 9.84 Å². The van der Waals surface area contributed by atoms with Gasteiger partial charge in [-0.2, -0.15) is 0 Å². The Balaban J connectivity index is 2.34. The first-order chi connectivity index (χ1) is 8.38. The Morgan fingerprint density at radius 3 is 2.61 bits per heavy atom. The van der Waals surface area contributed by atoms with Gasteiger partial charge in [0.25, 0.3) is 0 Å². The van der Waals surface area contributed by atoms with Crippen LogP contribution in [0.4, 0.5) is 5.69 Å². The summed E-state index contributed by atoms with van der Waals surface area (Å²) in [6, 6.07) is 4.59. The molecule has 0 fully saturated rings. The van der Waals surface area contributed by atoms with E-state index in [1.165, 1.54) is 28.6 Å². The van der Waals surface area contributed by atoms with E-state index in [1.807, 2.05) is 0 Å². The van der Waals surface area contributed by atoms with Crippen molar-refractivity contribution in [3.63, 3.8) is 0 Å². The Morgan fingerprint density at radius 2 is 2.11 bits per heavy atom. The van der Waals surface area contributed by atoms with Gasteiger partial charge >= 0.3 is 0 Å². The molecule has 0 saturated carbocycles. The summed E-state index contributed by atoms with van der Waals surface area (Å²) in [4.78, 5) is 0.903. The van der Waals surface area contributed by atoms with Crippen molar-refractivity contribution in [2.75, 3.05) is 12.0 Å². The van der Waals surface area contributed by atoms with Crippen LogP contribution in [-0.2, 0) is 16.9 Å². The van der Waals surface area contributed by atoms with E-state index >= 15 is 0 Å². The van der Waals surface area contributed by atoms with Crippen LogP contribution in [0.15, 0.2) is 33.1 Å². The Kier molecular flexibility index (Phi) is 3.26. The molecule has 0 aliphatic heterocycles. The van der Waals surface area contributed by atoms with Gasteiger partial charge < -0.3 is 5.73 Å². The molecule has 1 heterocycles. The lowest BCUT2D eigenvalue weighted by Gasteiger charge is -2.05. The van der Waals surface area contributed by atoms with Gasteiger partial charge in [-0.05, 0) is 40.4 Å². The minimum atomic E-state index is -3.25. The van der Waals surface area contributed by atoms with Crippen LogP contribution in [-0.4, -0.2) is 34.9 Å². The average Bonchev–Trinajstić information content (AvgIpc) is 2.66. The quantitative estimate of drug-likeness (QED) is 0.811. The molecule has 0 unspecified atom stereocenters. The van der Waals surface area contributed by atoms with Gasteiger partial charge in [0.2, 0.25) is 5.16 Å². The normalized spacial score (nSPS) is 11.7. The Labute approximate surface area is 108 Å². The summed E-state index contributed by atoms with van der Waals surface area (Å²) in [5, 5.41) is 11.6. The lowest BCUT2D eigenvalue weighted by atomic mass is 10.3. The summed E-state index contributed by atoms with van der Waals surface area (Å²) in [6.07, 6.45) is 1.14. The number of aromatic nitrogens is 4. The fraction of sp³-hybridized carbons (Fsp3) is 0.222. The Bertz CT molecular complexity index is 680. The highest BCUT2D eigenvalue weighted by Crippen LogP contribution is 2.31. The summed E-state index contributed by atoms with van der Waals surface area (Å²) < 4.78 is 24.2. The number of nitrogens with zero attached hydrogens (tertiary/aromatic N) is 4. The van der Waals surface area contributed by atoms with Gasteiger partial charge in [-0.15, -0.1) is 5.10 Å². The molecule has 2 N–H and O–H groups in total. The van der Waals surface area contributed by atoms with Crippen molar-refractivity contribution in [1.82, 2.24) is 20.2 Å². The molecule has 0 aliphatic carbocycles. The Hall–Kier alpha value is -1.61. The Morgan fingerprint density at radius 1 is 1.39 bits per heavy atom. The summed E-state index contributed by atoms with van der Waals surface area (Å²) in [6.45, 7) is 0. The zero-order chi connectivity index (χ0) is 13.3. The zero-order valence-electron chi connectivity index (χ0n) is 9.73. The van der Waals surface area contributed by atoms with Crippen LogP contribution in [0.1, 0.15) is 0 Å². The van der Waals surface area contributed by atoms with E-state index in [9.17, 15) is 8.42 Å². The number of hydrogen-bond donors (Lipinski definition) is 1. The molecule has 0 aliphatic rings. The molecule has 9 heteroatoms. The molecule has 0 saturated heterocycles. The largest absolute Gasteiger partial charge is 0.398 e. The average molecular weight is 285 g/mol. The van der Waals surface area contributed by atoms with Gasteiger partial charge in [0, 0.05) is 23.9 Å². The molecule has 18 heavy (non-hydrogen) atoms. The minimum Gasteiger partial charge on any atom is -0.398 e. The summed E-state index contributed by atoms with van der Waals surface area (Å²) >= 11 is 1.27. The maximum Gasteiger partial charge on any atom is 0.213 e. The van der Waals surface area contributed by atoms with E-state index in [-0.39, 0.29) is 4.90 Å². The first kappa shape index (κ1) is 12.8. The van der Waals surface area contributed by atoms with Crippen LogP contribution in [0.3, 0.4) is 0 Å². The van der Waals surface area contributed by atoms with Crippen LogP contribution in [0.25, 0.3) is 0 Å². The number of nitrogen functional groups attached to an aromatic ring is 1. The van der Waals surface area contributed by atoms with E-state index < -0.39 is 9.84 Å². The summed E-state index contributed by atoms with van der Waals surface area (Å²) in [5.41, 5.74) is 6.20. The fourth-order valence-electron chi connectivity index (χ4n) is 1.26. The molecule has 96 valence electrons. The molecule has 0 amide bonds. The highest BCUT2D eigenvalue weighted by atomic mass is 32.2. The third-order valence-electron chi connectivity index (χ3n) is 2.19. The van der Waals surface area contributed by atoms with Gasteiger partial charge in [0.1, 0.15) is 0 Å². The molecule has 2 rings (SSSR count). The van der Waals surface area contributed by atoms with Crippen molar-refractivity contribution in [2.24, 2.45) is 7.05 Å². The van der Waals surface area contributed by atoms with E-state index in [1.54, 1.807) is 13.1 Å². The lowest BCUT2D eigenvalue weighted by molar-refractivity contribution is 0.602. The summed E-state index contributed by atoms with van der Waals surface area (Å²) in [7, 11) is -1.54. The molecule has 1 aromatic heterocycles. The standard InChI is InChI=1S/C9H11N5O2S2/c1-14-9(11-12-13-14)17-8-4-3-6(5-7(8)10)18(2,15)16/h3-5H,10H2,1-2H3. The fourth-order valence-corrected chi connectivity index (χ4v) is 2.67. The van der Waals surface area contributed by atoms with E-state index in [0.717, 1.165) is 6.26 Å². The molecular weight excluding hydrogens is 274 g/mol. The first-order valence-corrected chi connectivity index (χ1v) is 7.58. The van der Waals surface area contributed by atoms with Crippen molar-refractivity contribution in [2.45, 2.75) is 14.9 Å². The number of aryl methyl sites for hydroxylation is 1. The second-order valence-corrected chi connectivity index (χ2v) is 6.68. The molecule has 1 aromatic carbocycles. The number of anilines is 1. The lowest BCUT2D eigenvalue weighted by Crippen LogP contribution is -2.00. The van der Waals surface area contributed by atoms with Gasteiger partial charge in [0.05, 0.1) is 4.90 Å². The van der Waals surface area contributed by atoms with Gasteiger partial charge in [-0.3, -0.25) is 0 Å². The smallest absolute Gasteiger partial charge is 0.213 e. The molecule has 0 spiro atoms. The number of hydrogen-bond acceptors (Lipinski definition) is 7. The third-order valence-corrected chi connectivity index (χ3v) is 4.42.